The van der Waals surface area contributed by atoms with Crippen LogP contribution in [0.2, 0.25) is 0 Å². The zero-order valence-electron chi connectivity index (χ0n) is 26.1. The minimum atomic E-state index is 0.914. The van der Waals surface area contributed by atoms with Gasteiger partial charge in [0.15, 0.2) is 0 Å². The van der Waals surface area contributed by atoms with E-state index in [1.807, 2.05) is 22.7 Å². The molecule has 0 atom stereocenters. The molecule has 0 aliphatic carbocycles. The van der Waals surface area contributed by atoms with Gasteiger partial charge >= 0.3 is 0 Å². The van der Waals surface area contributed by atoms with Gasteiger partial charge in [0.1, 0.15) is 6.33 Å². The first-order valence-electron chi connectivity index (χ1n) is 15.8. The number of rotatable bonds is 5. The summed E-state index contributed by atoms with van der Waals surface area (Å²) in [5.41, 5.74) is 8.88. The Hall–Kier alpha value is -5.68. The van der Waals surface area contributed by atoms with E-state index < -0.39 is 0 Å². The monoisotopic (exact) mass is 650 g/mol. The molecule has 228 valence electrons. The maximum absolute atomic E-state index is 4.71. The van der Waals surface area contributed by atoms with Crippen molar-refractivity contribution in [1.82, 2.24) is 9.97 Å². The first-order valence-corrected chi connectivity index (χ1v) is 17.4. The van der Waals surface area contributed by atoms with Crippen LogP contribution in [0, 0.1) is 0 Å². The fourth-order valence-corrected chi connectivity index (χ4v) is 8.79. The normalized spacial score (nSPS) is 11.1. The molecular weight excluding hydrogens is 621 g/mol. The predicted molar refractivity (Wildman–Crippen MR) is 210 cm³/mol. The molecule has 0 spiro atoms. The SMILES string of the molecule is C=CC=C.c1cc(-c2cc(-c3cccc(-c4cccc5c4sc4ccccc45)c3)ncn2)cc(-c2cccc3c2sc2ccccc23)c1. The second-order valence-electron chi connectivity index (χ2n) is 11.5. The summed E-state index contributed by atoms with van der Waals surface area (Å²) in [6.45, 7) is 6.72. The van der Waals surface area contributed by atoms with Crippen LogP contribution in [0.1, 0.15) is 0 Å². The minimum absolute atomic E-state index is 0.914. The van der Waals surface area contributed by atoms with E-state index in [1.165, 1.54) is 62.6 Å². The first kappa shape index (κ1) is 29.7. The van der Waals surface area contributed by atoms with Gasteiger partial charge in [0.25, 0.3) is 0 Å². The van der Waals surface area contributed by atoms with Gasteiger partial charge in [-0.15, -0.1) is 22.7 Å². The van der Waals surface area contributed by atoms with Gasteiger partial charge < -0.3 is 0 Å². The zero-order valence-corrected chi connectivity index (χ0v) is 27.8. The van der Waals surface area contributed by atoms with E-state index >= 15 is 0 Å². The van der Waals surface area contributed by atoms with Crippen molar-refractivity contribution in [2.24, 2.45) is 0 Å². The Morgan fingerprint density at radius 3 is 1.31 bits per heavy atom. The second-order valence-corrected chi connectivity index (χ2v) is 13.6. The van der Waals surface area contributed by atoms with Crippen LogP contribution in [-0.2, 0) is 0 Å². The van der Waals surface area contributed by atoms with E-state index in [0.29, 0.717) is 0 Å². The highest BCUT2D eigenvalue weighted by atomic mass is 32.1. The summed E-state index contributed by atoms with van der Waals surface area (Å²) in [5, 5.41) is 5.25. The Balaban J connectivity index is 0.000000799. The lowest BCUT2D eigenvalue weighted by atomic mass is 9.98. The highest BCUT2D eigenvalue weighted by molar-refractivity contribution is 7.26. The van der Waals surface area contributed by atoms with Crippen LogP contribution in [-0.4, -0.2) is 9.97 Å². The fourth-order valence-electron chi connectivity index (χ4n) is 6.31. The molecule has 0 unspecified atom stereocenters. The number of benzene rings is 6. The molecule has 4 heteroatoms. The maximum atomic E-state index is 4.71. The van der Waals surface area contributed by atoms with Crippen molar-refractivity contribution in [3.63, 3.8) is 0 Å². The summed E-state index contributed by atoms with van der Waals surface area (Å²) in [6.07, 6.45) is 4.96. The summed E-state index contributed by atoms with van der Waals surface area (Å²) < 4.78 is 5.27. The molecule has 3 aromatic heterocycles. The van der Waals surface area contributed by atoms with Gasteiger partial charge in [-0.25, -0.2) is 9.97 Å². The Morgan fingerprint density at radius 2 is 0.833 bits per heavy atom. The lowest BCUT2D eigenvalue weighted by molar-refractivity contribution is 1.18. The molecule has 0 aliphatic heterocycles. The van der Waals surface area contributed by atoms with Crippen molar-refractivity contribution in [2.45, 2.75) is 0 Å². The average Bonchev–Trinajstić information content (AvgIpc) is 3.74. The quantitative estimate of drug-likeness (QED) is 0.173. The molecule has 48 heavy (non-hydrogen) atoms. The van der Waals surface area contributed by atoms with Gasteiger partial charge in [-0.05, 0) is 52.6 Å². The van der Waals surface area contributed by atoms with Crippen LogP contribution in [0.25, 0.3) is 85.1 Å². The molecule has 0 saturated heterocycles. The molecule has 0 radical (unpaired) electrons. The van der Waals surface area contributed by atoms with E-state index in [0.717, 1.165) is 22.5 Å². The summed E-state index contributed by atoms with van der Waals surface area (Å²) >= 11 is 3.72. The predicted octanol–water partition coefficient (Wildman–Crippen LogP) is 13.2. The van der Waals surface area contributed by atoms with Gasteiger partial charge in [0, 0.05) is 51.5 Å². The molecule has 6 aromatic carbocycles. The molecule has 9 rings (SSSR count). The highest BCUT2D eigenvalue weighted by Crippen LogP contribution is 2.42. The van der Waals surface area contributed by atoms with Crippen LogP contribution in [0.4, 0.5) is 0 Å². The summed E-state index contributed by atoms with van der Waals surface area (Å²) in [4.78, 5) is 9.41. The van der Waals surface area contributed by atoms with Crippen molar-refractivity contribution < 1.29 is 0 Å². The number of aromatic nitrogens is 2. The summed E-state index contributed by atoms with van der Waals surface area (Å²) in [7, 11) is 0. The second kappa shape index (κ2) is 12.8. The lowest BCUT2D eigenvalue weighted by Crippen LogP contribution is -1.90. The van der Waals surface area contributed by atoms with Crippen molar-refractivity contribution in [2.75, 3.05) is 0 Å². The summed E-state index contributed by atoms with van der Waals surface area (Å²) in [5.74, 6) is 0. The molecule has 3 heterocycles. The Kier molecular flexibility index (Phi) is 7.95. The van der Waals surface area contributed by atoms with Crippen molar-refractivity contribution in [1.29, 1.82) is 0 Å². The van der Waals surface area contributed by atoms with Crippen LogP contribution >= 0.6 is 22.7 Å². The number of fused-ring (bicyclic) bond motifs is 6. The molecule has 2 nitrogen and oxygen atoms in total. The Morgan fingerprint density at radius 1 is 0.417 bits per heavy atom. The van der Waals surface area contributed by atoms with E-state index in [2.05, 4.69) is 153 Å². The summed E-state index contributed by atoms with van der Waals surface area (Å²) in [6, 6.07) is 50.1. The first-order chi connectivity index (χ1) is 23.7. The van der Waals surface area contributed by atoms with Crippen LogP contribution in [0.5, 0.6) is 0 Å². The van der Waals surface area contributed by atoms with Crippen LogP contribution in [0.15, 0.2) is 171 Å². The Labute approximate surface area is 287 Å². The topological polar surface area (TPSA) is 25.8 Å². The van der Waals surface area contributed by atoms with Gasteiger partial charge in [-0.3, -0.25) is 0 Å². The molecule has 0 bridgehead atoms. The Bertz CT molecular complexity index is 2450. The average molecular weight is 651 g/mol. The van der Waals surface area contributed by atoms with Crippen LogP contribution < -0.4 is 0 Å². The third-order valence-electron chi connectivity index (χ3n) is 8.58. The van der Waals surface area contributed by atoms with Crippen LogP contribution in [0.3, 0.4) is 0 Å². The van der Waals surface area contributed by atoms with E-state index in [9.17, 15) is 0 Å². The van der Waals surface area contributed by atoms with Gasteiger partial charge in [0.2, 0.25) is 0 Å². The number of nitrogens with zero attached hydrogens (tertiary/aromatic N) is 2. The van der Waals surface area contributed by atoms with Gasteiger partial charge in [-0.2, -0.15) is 0 Å². The smallest absolute Gasteiger partial charge is 0.116 e. The largest absolute Gasteiger partial charge is 0.236 e. The maximum Gasteiger partial charge on any atom is 0.116 e. The fraction of sp³-hybridized carbons (Fsp3) is 0. The zero-order chi connectivity index (χ0) is 32.5. The highest BCUT2D eigenvalue weighted by Gasteiger charge is 2.13. The lowest BCUT2D eigenvalue weighted by Gasteiger charge is -2.09. The third kappa shape index (κ3) is 5.41. The number of allylic oxidation sites excluding steroid dienone is 2. The molecular formula is C44H30N2S2. The molecule has 0 fully saturated rings. The standard InChI is InChI=1S/C40H24N2S2.C4H6/c1-3-19-37-31(13-1)33-17-7-15-29(39(33)43-37)25-9-5-11-27(21-25)35-23-36(42-24-41-35)28-12-6-10-26(22-28)30-16-8-18-34-32-14-2-4-20-38(32)44-40(30)34;1-3-4-2/h1-24H;3-4H,1-2H2. The van der Waals surface area contributed by atoms with E-state index in [-0.39, 0.29) is 0 Å². The number of hydrogen-bond donors (Lipinski definition) is 0. The molecule has 0 saturated carbocycles. The molecule has 0 amide bonds. The third-order valence-corrected chi connectivity index (χ3v) is 11.0. The van der Waals surface area contributed by atoms with E-state index in [1.54, 1.807) is 18.5 Å². The van der Waals surface area contributed by atoms with E-state index in [4.69, 9.17) is 9.97 Å². The number of hydrogen-bond acceptors (Lipinski definition) is 4. The molecule has 9 aromatic rings. The van der Waals surface area contributed by atoms with Gasteiger partial charge in [0.05, 0.1) is 11.4 Å². The van der Waals surface area contributed by atoms with Crippen molar-refractivity contribution in [3.8, 4) is 44.8 Å². The van der Waals surface area contributed by atoms with Crippen molar-refractivity contribution >= 4 is 63.0 Å². The molecule has 0 N–H and O–H groups in total. The number of thiophene rings is 2. The van der Waals surface area contributed by atoms with Crippen molar-refractivity contribution in [3.05, 3.63) is 171 Å². The minimum Gasteiger partial charge on any atom is -0.236 e. The molecule has 0 aliphatic rings. The van der Waals surface area contributed by atoms with Gasteiger partial charge in [-0.1, -0.05) is 135 Å².